The van der Waals surface area contributed by atoms with Crippen LogP contribution in [0, 0.1) is 0 Å². The average molecular weight is 619 g/mol. The van der Waals surface area contributed by atoms with Crippen LogP contribution >= 0.6 is 0 Å². The van der Waals surface area contributed by atoms with Crippen LogP contribution in [0.25, 0.3) is 33.1 Å². The number of rotatable bonds is 8. The Morgan fingerprint density at radius 2 is 1.87 bits per heavy atom. The first-order valence-corrected chi connectivity index (χ1v) is 14.8. The predicted octanol–water partition coefficient (Wildman–Crippen LogP) is 3.08. The number of aryl methyl sites for hydroxylation is 1. The monoisotopic (exact) mass is 618 g/mol. The number of para-hydroxylation sites is 1. The Morgan fingerprint density at radius 1 is 1.02 bits per heavy atom. The summed E-state index contributed by atoms with van der Waals surface area (Å²) in [5, 5.41) is 10.2. The number of hydrogen-bond acceptors (Lipinski definition) is 9. The number of benzene rings is 2. The average Bonchev–Trinajstić information content (AvgIpc) is 3.71. The van der Waals surface area contributed by atoms with Gasteiger partial charge in [-0.15, -0.1) is 0 Å². The van der Waals surface area contributed by atoms with E-state index in [1.54, 1.807) is 58.4 Å². The van der Waals surface area contributed by atoms with Crippen molar-refractivity contribution in [2.45, 2.75) is 6.54 Å². The van der Waals surface area contributed by atoms with Gasteiger partial charge in [0.15, 0.2) is 5.76 Å². The third-order valence-corrected chi connectivity index (χ3v) is 8.07. The second-order valence-electron chi connectivity index (χ2n) is 11.0. The van der Waals surface area contributed by atoms with E-state index >= 15 is 0 Å². The maximum atomic E-state index is 13.2. The van der Waals surface area contributed by atoms with E-state index in [2.05, 4.69) is 20.1 Å². The molecule has 6 aromatic rings. The first-order valence-electron chi connectivity index (χ1n) is 14.8. The Bertz CT molecular complexity index is 2160. The smallest absolute Gasteiger partial charge is 0.289 e. The summed E-state index contributed by atoms with van der Waals surface area (Å²) in [6, 6.07) is 17.7. The molecule has 2 aromatic carbocycles. The normalized spacial score (nSPS) is 13.4. The van der Waals surface area contributed by atoms with Crippen molar-refractivity contribution in [1.29, 1.82) is 0 Å². The van der Waals surface area contributed by atoms with Crippen LogP contribution in [-0.4, -0.2) is 74.0 Å². The quantitative estimate of drug-likeness (QED) is 0.271. The van der Waals surface area contributed by atoms with E-state index in [1.807, 2.05) is 31.4 Å². The maximum Gasteiger partial charge on any atom is 0.289 e. The van der Waals surface area contributed by atoms with E-state index in [1.165, 1.54) is 10.7 Å². The highest BCUT2D eigenvalue weighted by Crippen LogP contribution is 2.29. The number of pyridine rings is 1. The Balaban J connectivity index is 0.996. The summed E-state index contributed by atoms with van der Waals surface area (Å²) in [4.78, 5) is 45.9. The van der Waals surface area contributed by atoms with Crippen LogP contribution < -0.4 is 20.9 Å². The van der Waals surface area contributed by atoms with Crippen molar-refractivity contribution < 1.29 is 18.7 Å². The molecule has 2 amide bonds. The summed E-state index contributed by atoms with van der Waals surface area (Å²) < 4.78 is 14.9. The summed E-state index contributed by atoms with van der Waals surface area (Å²) >= 11 is 0. The van der Waals surface area contributed by atoms with Gasteiger partial charge in [0.05, 0.1) is 29.5 Å². The molecule has 0 spiro atoms. The number of hydrogen-bond donors (Lipinski definition) is 1. The zero-order chi connectivity index (χ0) is 31.8. The zero-order valence-electron chi connectivity index (χ0n) is 25.0. The third-order valence-electron chi connectivity index (χ3n) is 8.07. The highest BCUT2D eigenvalue weighted by Gasteiger charge is 2.26. The number of aromatic nitrogens is 5. The van der Waals surface area contributed by atoms with Gasteiger partial charge in [0.25, 0.3) is 17.4 Å². The van der Waals surface area contributed by atoms with Crippen molar-refractivity contribution >= 4 is 39.4 Å². The van der Waals surface area contributed by atoms with Gasteiger partial charge < -0.3 is 24.7 Å². The number of ether oxygens (including phenoxy) is 1. The van der Waals surface area contributed by atoms with Crippen molar-refractivity contribution in [2.75, 3.05) is 37.7 Å². The van der Waals surface area contributed by atoms with Gasteiger partial charge in [0.2, 0.25) is 0 Å². The number of carbonyl (C=O) groups excluding carboxylic acids is 2. The number of furan rings is 1. The Kier molecular flexibility index (Phi) is 7.41. The van der Waals surface area contributed by atoms with Gasteiger partial charge in [-0.25, -0.2) is 4.68 Å². The molecule has 13 heteroatoms. The standard InChI is InChI=1S/C33H30N8O5/c1-38-20-22(19-36-38)26-7-8-30(42)41(37-26)15-16-45-28-9-10-35-27-18-23(5-6-24(27)28)39-11-13-40(14-12-39)33(44)29-17-21-3-2-4-25(32(34)43)31(21)46-29/h2-10,17-20H,11-16H2,1H3,(H2,34,43). The number of fused-ring (bicyclic) bond motifs is 2. The number of nitrogens with zero attached hydrogens (tertiary/aromatic N) is 7. The molecule has 1 fully saturated rings. The van der Waals surface area contributed by atoms with E-state index in [-0.39, 0.29) is 35.9 Å². The molecule has 46 heavy (non-hydrogen) atoms. The molecule has 4 aromatic heterocycles. The fraction of sp³-hybridized carbons (Fsp3) is 0.212. The summed E-state index contributed by atoms with van der Waals surface area (Å²) in [7, 11) is 1.83. The molecule has 0 saturated carbocycles. The van der Waals surface area contributed by atoms with Crippen LogP contribution in [0.15, 0.2) is 88.5 Å². The van der Waals surface area contributed by atoms with Gasteiger partial charge in [0.1, 0.15) is 17.9 Å². The first-order chi connectivity index (χ1) is 22.3. The van der Waals surface area contributed by atoms with Crippen molar-refractivity contribution in [3.8, 4) is 17.0 Å². The van der Waals surface area contributed by atoms with Gasteiger partial charge in [-0.3, -0.25) is 24.0 Å². The molecule has 0 atom stereocenters. The highest BCUT2D eigenvalue weighted by atomic mass is 16.5. The number of primary amides is 1. The molecule has 2 N–H and O–H groups in total. The minimum atomic E-state index is -0.604. The van der Waals surface area contributed by atoms with E-state index < -0.39 is 5.91 Å². The molecule has 0 radical (unpaired) electrons. The van der Waals surface area contributed by atoms with Gasteiger partial charge in [-0.05, 0) is 42.5 Å². The topological polar surface area (TPSA) is 155 Å². The lowest BCUT2D eigenvalue weighted by atomic mass is 10.1. The molecule has 13 nitrogen and oxygen atoms in total. The second-order valence-corrected chi connectivity index (χ2v) is 11.0. The van der Waals surface area contributed by atoms with E-state index in [9.17, 15) is 14.4 Å². The van der Waals surface area contributed by atoms with Crippen LogP contribution in [0.4, 0.5) is 5.69 Å². The predicted molar refractivity (Wildman–Crippen MR) is 171 cm³/mol. The van der Waals surface area contributed by atoms with Gasteiger partial charge in [-0.2, -0.15) is 10.2 Å². The lowest BCUT2D eigenvalue weighted by Crippen LogP contribution is -2.48. The Morgan fingerprint density at radius 3 is 2.65 bits per heavy atom. The van der Waals surface area contributed by atoms with Crippen LogP contribution in [0.5, 0.6) is 5.75 Å². The van der Waals surface area contributed by atoms with Crippen molar-refractivity contribution in [1.82, 2.24) is 29.4 Å². The van der Waals surface area contributed by atoms with Gasteiger partial charge in [0, 0.05) is 73.7 Å². The Labute approximate surface area is 262 Å². The molecule has 1 saturated heterocycles. The van der Waals surface area contributed by atoms with E-state index in [4.69, 9.17) is 14.9 Å². The lowest BCUT2D eigenvalue weighted by molar-refractivity contribution is 0.0716. The van der Waals surface area contributed by atoms with Crippen molar-refractivity contribution in [3.05, 3.63) is 101 Å². The summed E-state index contributed by atoms with van der Waals surface area (Å²) in [6.07, 6.45) is 5.24. The minimum absolute atomic E-state index is 0.182. The van der Waals surface area contributed by atoms with Gasteiger partial charge >= 0.3 is 0 Å². The van der Waals surface area contributed by atoms with E-state index in [0.29, 0.717) is 48.6 Å². The highest BCUT2D eigenvalue weighted by molar-refractivity contribution is 6.06. The summed E-state index contributed by atoms with van der Waals surface area (Å²) in [5.74, 6) is 0.0119. The number of anilines is 1. The molecular weight excluding hydrogens is 588 g/mol. The summed E-state index contributed by atoms with van der Waals surface area (Å²) in [5.41, 5.74) is 9.07. The number of carbonyl (C=O) groups is 2. The molecule has 0 unspecified atom stereocenters. The van der Waals surface area contributed by atoms with Crippen LogP contribution in [-0.2, 0) is 13.6 Å². The molecule has 232 valence electrons. The fourth-order valence-corrected chi connectivity index (χ4v) is 5.68. The molecule has 1 aliphatic heterocycles. The zero-order valence-corrected chi connectivity index (χ0v) is 25.0. The number of amides is 2. The first kappa shape index (κ1) is 28.8. The van der Waals surface area contributed by atoms with Gasteiger partial charge in [-0.1, -0.05) is 12.1 Å². The van der Waals surface area contributed by atoms with Crippen LogP contribution in [0.1, 0.15) is 20.9 Å². The summed E-state index contributed by atoms with van der Waals surface area (Å²) in [6.45, 7) is 2.78. The Hall–Kier alpha value is -5.98. The molecule has 0 aliphatic carbocycles. The SMILES string of the molecule is Cn1cc(-c2ccc(=O)n(CCOc3ccnc4cc(N5CCN(C(=O)c6cc7cccc(C(N)=O)c7o6)CC5)ccc34)n2)cn1. The fourth-order valence-electron chi connectivity index (χ4n) is 5.68. The third kappa shape index (κ3) is 5.54. The van der Waals surface area contributed by atoms with E-state index in [0.717, 1.165) is 22.2 Å². The number of piperazine rings is 1. The number of nitrogens with two attached hydrogens (primary N) is 1. The maximum absolute atomic E-state index is 13.2. The molecule has 0 bridgehead atoms. The van der Waals surface area contributed by atoms with Crippen LogP contribution in [0.2, 0.25) is 0 Å². The van der Waals surface area contributed by atoms with Crippen LogP contribution in [0.3, 0.4) is 0 Å². The molecule has 1 aliphatic rings. The lowest BCUT2D eigenvalue weighted by Gasteiger charge is -2.35. The molecule has 7 rings (SSSR count). The van der Waals surface area contributed by atoms with Crippen molar-refractivity contribution in [3.63, 3.8) is 0 Å². The van der Waals surface area contributed by atoms with Crippen molar-refractivity contribution in [2.24, 2.45) is 12.8 Å². The molecular formula is C33H30N8O5. The largest absolute Gasteiger partial charge is 0.491 e. The molecule has 5 heterocycles. The minimum Gasteiger partial charge on any atom is -0.491 e. The second kappa shape index (κ2) is 11.8.